The van der Waals surface area contributed by atoms with Gasteiger partial charge in [0.1, 0.15) is 0 Å². The van der Waals surface area contributed by atoms with Crippen LogP contribution in [-0.4, -0.2) is 14.7 Å². The summed E-state index contributed by atoms with van der Waals surface area (Å²) in [7, 11) is 0. The Morgan fingerprint density at radius 3 is 2.71 bits per heavy atom. The van der Waals surface area contributed by atoms with Crippen molar-refractivity contribution in [2.45, 2.75) is 0 Å². The highest BCUT2D eigenvalue weighted by atomic mass is 79.9. The first-order chi connectivity index (χ1) is 8.00. The molecule has 7 heteroatoms. The molecule has 1 aromatic carbocycles. The quantitative estimate of drug-likeness (QED) is 0.829. The van der Waals surface area contributed by atoms with Crippen molar-refractivity contribution >= 4 is 15.9 Å². The Labute approximate surface area is 102 Å². The maximum Gasteiger partial charge on any atom is 0.335 e. The van der Waals surface area contributed by atoms with Crippen LogP contribution in [0.15, 0.2) is 38.3 Å². The fourth-order valence-electron chi connectivity index (χ4n) is 1.36. The van der Waals surface area contributed by atoms with Crippen molar-refractivity contribution in [1.29, 1.82) is 0 Å². The topological polar surface area (TPSA) is 75.1 Å². The van der Waals surface area contributed by atoms with Gasteiger partial charge in [0, 0.05) is 4.47 Å². The highest BCUT2D eigenvalue weighted by Gasteiger charge is 2.14. The highest BCUT2D eigenvalue weighted by molar-refractivity contribution is 9.10. The number of halogens is 2. The van der Waals surface area contributed by atoms with Gasteiger partial charge < -0.3 is 5.11 Å². The Hall–Kier alpha value is -1.89. The smallest absolute Gasteiger partial charge is 0.335 e. The maximum atomic E-state index is 13.2. The van der Waals surface area contributed by atoms with E-state index in [4.69, 9.17) is 0 Å². The van der Waals surface area contributed by atoms with Crippen LogP contribution in [0.5, 0.6) is 5.88 Å². The second-order valence-corrected chi connectivity index (χ2v) is 4.13. The molecule has 1 aromatic heterocycles. The summed E-state index contributed by atoms with van der Waals surface area (Å²) in [5.74, 6) is -2.42. The summed E-state index contributed by atoms with van der Waals surface area (Å²) in [6.07, 6.45) is 0. The molecule has 0 spiro atoms. The Kier molecular flexibility index (Phi) is 2.84. The number of rotatable bonds is 1. The van der Waals surface area contributed by atoms with E-state index in [1.54, 1.807) is 17.1 Å². The molecule has 0 atom stereocenters. The Bertz CT molecular complexity index is 693. The first kappa shape index (κ1) is 11.6. The molecule has 0 amide bonds. The maximum absolute atomic E-state index is 13.2. The zero-order valence-corrected chi connectivity index (χ0v) is 9.86. The normalized spacial score (nSPS) is 10.5. The molecule has 0 saturated carbocycles. The van der Waals surface area contributed by atoms with Gasteiger partial charge >= 0.3 is 5.69 Å². The third-order valence-corrected chi connectivity index (χ3v) is 2.59. The molecular formula is C10H6BrFN2O3. The minimum atomic E-state index is -1.40. The number of hydrogen-bond acceptors (Lipinski definition) is 3. The van der Waals surface area contributed by atoms with E-state index >= 15 is 0 Å². The lowest BCUT2D eigenvalue weighted by molar-refractivity contribution is 0.386. The molecule has 0 aliphatic heterocycles. The van der Waals surface area contributed by atoms with Gasteiger partial charge in [-0.2, -0.15) is 4.39 Å². The third kappa shape index (κ3) is 2.01. The number of aromatic amines is 1. The predicted octanol–water partition coefficient (Wildman–Crippen LogP) is 1.13. The lowest BCUT2D eigenvalue weighted by Crippen LogP contribution is -2.30. The number of H-pyrrole nitrogens is 1. The van der Waals surface area contributed by atoms with E-state index in [1.807, 2.05) is 0 Å². The SMILES string of the molecule is O=c1[nH]c(=O)n(-c2cccc(Br)c2)c(O)c1F. The molecule has 0 aliphatic carbocycles. The molecular weight excluding hydrogens is 295 g/mol. The summed E-state index contributed by atoms with van der Waals surface area (Å²) in [6, 6.07) is 6.30. The number of aromatic nitrogens is 2. The number of nitrogens with zero attached hydrogens (tertiary/aromatic N) is 1. The van der Waals surface area contributed by atoms with Crippen molar-refractivity contribution in [3.05, 3.63) is 55.4 Å². The van der Waals surface area contributed by atoms with E-state index < -0.39 is 22.9 Å². The molecule has 2 N–H and O–H groups in total. The minimum absolute atomic E-state index is 0.233. The van der Waals surface area contributed by atoms with E-state index in [0.29, 0.717) is 9.04 Å². The van der Waals surface area contributed by atoms with Crippen LogP contribution in [0.4, 0.5) is 4.39 Å². The van der Waals surface area contributed by atoms with Crippen molar-refractivity contribution in [2.24, 2.45) is 0 Å². The lowest BCUT2D eigenvalue weighted by Gasteiger charge is -2.07. The first-order valence-corrected chi connectivity index (χ1v) is 5.30. The molecule has 88 valence electrons. The van der Waals surface area contributed by atoms with Gasteiger partial charge in [0.2, 0.25) is 11.7 Å². The Morgan fingerprint density at radius 1 is 1.35 bits per heavy atom. The van der Waals surface area contributed by atoms with Gasteiger partial charge in [-0.3, -0.25) is 9.78 Å². The van der Waals surface area contributed by atoms with Gasteiger partial charge in [-0.15, -0.1) is 0 Å². The van der Waals surface area contributed by atoms with Crippen LogP contribution < -0.4 is 11.2 Å². The van der Waals surface area contributed by atoms with E-state index in [-0.39, 0.29) is 5.69 Å². The van der Waals surface area contributed by atoms with E-state index in [0.717, 1.165) is 0 Å². The van der Waals surface area contributed by atoms with E-state index in [2.05, 4.69) is 15.9 Å². The zero-order chi connectivity index (χ0) is 12.6. The van der Waals surface area contributed by atoms with E-state index in [1.165, 1.54) is 12.1 Å². The molecule has 0 radical (unpaired) electrons. The van der Waals surface area contributed by atoms with Crippen LogP contribution in [-0.2, 0) is 0 Å². The summed E-state index contributed by atoms with van der Waals surface area (Å²) < 4.78 is 14.5. The van der Waals surface area contributed by atoms with Crippen molar-refractivity contribution in [2.75, 3.05) is 0 Å². The predicted molar refractivity (Wildman–Crippen MR) is 62.0 cm³/mol. The number of hydrogen-bond donors (Lipinski definition) is 2. The Morgan fingerprint density at radius 2 is 2.06 bits per heavy atom. The number of benzene rings is 1. The van der Waals surface area contributed by atoms with Crippen LogP contribution in [0.1, 0.15) is 0 Å². The van der Waals surface area contributed by atoms with Crippen LogP contribution in [0, 0.1) is 5.82 Å². The molecule has 0 saturated heterocycles. The van der Waals surface area contributed by atoms with Gasteiger partial charge in [-0.05, 0) is 18.2 Å². The standard InChI is InChI=1S/C10H6BrFN2O3/c11-5-2-1-3-6(4-5)14-9(16)7(12)8(15)13-10(14)17/h1-4,16H,(H,13,15,17). The van der Waals surface area contributed by atoms with Crippen molar-refractivity contribution in [1.82, 2.24) is 9.55 Å². The summed E-state index contributed by atoms with van der Waals surface area (Å²) >= 11 is 3.18. The molecule has 17 heavy (non-hydrogen) atoms. The third-order valence-electron chi connectivity index (χ3n) is 2.10. The van der Waals surface area contributed by atoms with Crippen LogP contribution in [0.2, 0.25) is 0 Å². The molecule has 2 aromatic rings. The fourth-order valence-corrected chi connectivity index (χ4v) is 1.75. The number of aromatic hydroxyl groups is 1. The lowest BCUT2D eigenvalue weighted by atomic mass is 10.3. The molecule has 0 unspecified atom stereocenters. The summed E-state index contributed by atoms with van der Waals surface area (Å²) in [5.41, 5.74) is -1.93. The summed E-state index contributed by atoms with van der Waals surface area (Å²) in [4.78, 5) is 24.2. The van der Waals surface area contributed by atoms with Crippen LogP contribution >= 0.6 is 15.9 Å². The largest absolute Gasteiger partial charge is 0.492 e. The summed E-state index contributed by atoms with van der Waals surface area (Å²) in [6.45, 7) is 0. The second-order valence-electron chi connectivity index (χ2n) is 3.21. The van der Waals surface area contributed by atoms with Gasteiger partial charge in [-0.1, -0.05) is 22.0 Å². The van der Waals surface area contributed by atoms with Crippen LogP contribution in [0.3, 0.4) is 0 Å². The number of nitrogens with one attached hydrogen (secondary N) is 1. The molecule has 5 nitrogen and oxygen atoms in total. The minimum Gasteiger partial charge on any atom is -0.492 e. The average molecular weight is 301 g/mol. The Balaban J connectivity index is 2.81. The van der Waals surface area contributed by atoms with Gasteiger partial charge in [0.05, 0.1) is 5.69 Å². The second kappa shape index (κ2) is 4.17. The molecule has 2 rings (SSSR count). The van der Waals surface area contributed by atoms with Gasteiger partial charge in [0.15, 0.2) is 0 Å². The molecule has 0 fully saturated rings. The van der Waals surface area contributed by atoms with Crippen molar-refractivity contribution < 1.29 is 9.50 Å². The fraction of sp³-hybridized carbons (Fsp3) is 0. The zero-order valence-electron chi connectivity index (χ0n) is 8.28. The first-order valence-electron chi connectivity index (χ1n) is 4.50. The molecule has 1 heterocycles. The highest BCUT2D eigenvalue weighted by Crippen LogP contribution is 2.18. The molecule has 0 bridgehead atoms. The monoisotopic (exact) mass is 300 g/mol. The molecule has 0 aliphatic rings. The van der Waals surface area contributed by atoms with Crippen molar-refractivity contribution in [3.8, 4) is 11.6 Å². The summed E-state index contributed by atoms with van der Waals surface area (Å²) in [5, 5.41) is 9.46. The van der Waals surface area contributed by atoms with Crippen LogP contribution in [0.25, 0.3) is 5.69 Å². The average Bonchev–Trinajstić information content (AvgIpc) is 2.26. The van der Waals surface area contributed by atoms with Gasteiger partial charge in [0.25, 0.3) is 5.56 Å². The van der Waals surface area contributed by atoms with Crippen molar-refractivity contribution in [3.63, 3.8) is 0 Å². The van der Waals surface area contributed by atoms with E-state index in [9.17, 15) is 19.1 Å². The van der Waals surface area contributed by atoms with Gasteiger partial charge in [-0.25, -0.2) is 9.36 Å².